The number of allylic oxidation sites excluding steroid dienone is 1. The Morgan fingerprint density at radius 2 is 2.13 bits per heavy atom. The normalized spacial score (nSPS) is 15.6. The van der Waals surface area contributed by atoms with Crippen molar-refractivity contribution in [3.63, 3.8) is 0 Å². The zero-order valence-corrected chi connectivity index (χ0v) is 20.0. The number of rotatable bonds is 7. The highest BCUT2D eigenvalue weighted by Gasteiger charge is 2.22. The van der Waals surface area contributed by atoms with Crippen molar-refractivity contribution in [3.8, 4) is 0 Å². The molecule has 1 aromatic heterocycles. The van der Waals surface area contributed by atoms with Crippen LogP contribution >= 0.6 is 22.9 Å². The number of nitrogens with one attached hydrogen (secondary N) is 1. The molecule has 1 saturated heterocycles. The Hall–Kier alpha value is -2.15. The minimum absolute atomic E-state index is 0.175. The molecule has 0 bridgehead atoms. The second kappa shape index (κ2) is 10.9. The van der Waals surface area contributed by atoms with Gasteiger partial charge in [-0.1, -0.05) is 24.1 Å². The third kappa shape index (κ3) is 5.76. The maximum absolute atomic E-state index is 13.2. The second-order valence-corrected chi connectivity index (χ2v) is 9.22. The number of carbonyl (C=O) groups excluding carboxylic acids is 1. The average molecular weight is 459 g/mol. The third-order valence-electron chi connectivity index (χ3n) is 5.73. The van der Waals surface area contributed by atoms with Crippen LogP contribution in [0.15, 0.2) is 34.1 Å². The summed E-state index contributed by atoms with van der Waals surface area (Å²) in [6.07, 6.45) is 6.90. The van der Waals surface area contributed by atoms with Crippen LogP contribution in [0.2, 0.25) is 5.02 Å². The molecule has 0 atom stereocenters. The van der Waals surface area contributed by atoms with E-state index in [1.807, 2.05) is 30.5 Å². The van der Waals surface area contributed by atoms with Crippen molar-refractivity contribution in [2.45, 2.75) is 40.0 Å². The summed E-state index contributed by atoms with van der Waals surface area (Å²) < 4.78 is 0. The molecule has 1 aromatic carbocycles. The van der Waals surface area contributed by atoms with E-state index < -0.39 is 0 Å². The van der Waals surface area contributed by atoms with E-state index in [-0.39, 0.29) is 5.91 Å². The van der Waals surface area contributed by atoms with E-state index in [1.54, 1.807) is 6.21 Å². The molecule has 2 heterocycles. The first-order valence-electron chi connectivity index (χ1n) is 10.8. The standard InChI is InChI=1S/C24H31ClN4OS/c1-4-16(3)12-22-23(27-5-2)19(15-31-22)24(30)28-20-13-18(25)6-7-21(20)29-10-8-17(14-26)9-11-29/h5-7,12-13,15,17H,4,8-11,14,26H2,1-3H3,(H,28,30)/b16-12+,27-5?. The number of benzene rings is 1. The fraction of sp³-hybridized carbons (Fsp3) is 0.417. The number of piperidine rings is 1. The van der Waals surface area contributed by atoms with Crippen molar-refractivity contribution >= 4 is 58.2 Å². The summed E-state index contributed by atoms with van der Waals surface area (Å²) in [5.74, 6) is 0.394. The minimum Gasteiger partial charge on any atom is -0.370 e. The van der Waals surface area contributed by atoms with Gasteiger partial charge in [-0.3, -0.25) is 9.79 Å². The van der Waals surface area contributed by atoms with Gasteiger partial charge < -0.3 is 16.0 Å². The highest BCUT2D eigenvalue weighted by atomic mass is 35.5. The molecule has 3 N–H and O–H groups in total. The lowest BCUT2D eigenvalue weighted by Gasteiger charge is -2.34. The monoisotopic (exact) mass is 458 g/mol. The number of hydrogen-bond acceptors (Lipinski definition) is 5. The molecule has 5 nitrogen and oxygen atoms in total. The van der Waals surface area contributed by atoms with E-state index >= 15 is 0 Å². The molecule has 0 aliphatic carbocycles. The SMILES string of the molecule is CC=Nc1c(C(=O)Nc2cc(Cl)ccc2N2CCC(CN)CC2)csc1/C=C(\C)CC. The van der Waals surface area contributed by atoms with E-state index in [4.69, 9.17) is 17.3 Å². The molecule has 1 aliphatic rings. The number of carbonyl (C=O) groups is 1. The van der Waals surface area contributed by atoms with Crippen molar-refractivity contribution in [1.82, 2.24) is 0 Å². The van der Waals surface area contributed by atoms with Gasteiger partial charge in [0.15, 0.2) is 0 Å². The number of amides is 1. The molecule has 7 heteroatoms. The molecule has 1 aliphatic heterocycles. The highest BCUT2D eigenvalue weighted by molar-refractivity contribution is 7.11. The summed E-state index contributed by atoms with van der Waals surface area (Å²) in [5.41, 5.74) is 10.1. The van der Waals surface area contributed by atoms with Crippen LogP contribution in [0.4, 0.5) is 17.1 Å². The lowest BCUT2D eigenvalue weighted by Crippen LogP contribution is -2.36. The van der Waals surface area contributed by atoms with Gasteiger partial charge in [-0.05, 0) is 69.8 Å². The van der Waals surface area contributed by atoms with Crippen molar-refractivity contribution < 1.29 is 4.79 Å². The summed E-state index contributed by atoms with van der Waals surface area (Å²) in [7, 11) is 0. The summed E-state index contributed by atoms with van der Waals surface area (Å²) in [6, 6.07) is 5.68. The van der Waals surface area contributed by atoms with Gasteiger partial charge in [0.05, 0.1) is 27.5 Å². The zero-order valence-electron chi connectivity index (χ0n) is 18.5. The number of anilines is 2. The number of thiophene rings is 1. The lowest BCUT2D eigenvalue weighted by molar-refractivity contribution is 0.102. The predicted molar refractivity (Wildman–Crippen MR) is 135 cm³/mol. The summed E-state index contributed by atoms with van der Waals surface area (Å²) in [5, 5.41) is 5.56. The lowest BCUT2D eigenvalue weighted by atomic mass is 9.96. The minimum atomic E-state index is -0.175. The smallest absolute Gasteiger partial charge is 0.258 e. The van der Waals surface area contributed by atoms with Gasteiger partial charge in [0.25, 0.3) is 5.91 Å². The largest absolute Gasteiger partial charge is 0.370 e. The van der Waals surface area contributed by atoms with Gasteiger partial charge in [-0.25, -0.2) is 0 Å². The molecule has 31 heavy (non-hydrogen) atoms. The topological polar surface area (TPSA) is 70.7 Å². The highest BCUT2D eigenvalue weighted by Crippen LogP contribution is 2.36. The fourth-order valence-corrected chi connectivity index (χ4v) is 4.88. The third-order valence-corrected chi connectivity index (χ3v) is 6.88. The molecular formula is C24H31ClN4OS. The van der Waals surface area contributed by atoms with Crippen LogP contribution in [0.3, 0.4) is 0 Å². The van der Waals surface area contributed by atoms with Gasteiger partial charge in [0, 0.05) is 29.7 Å². The van der Waals surface area contributed by atoms with Crippen molar-refractivity contribution in [1.29, 1.82) is 0 Å². The maximum Gasteiger partial charge on any atom is 0.258 e. The van der Waals surface area contributed by atoms with Crippen LogP contribution in [0.1, 0.15) is 55.3 Å². The van der Waals surface area contributed by atoms with Gasteiger partial charge in [-0.2, -0.15) is 0 Å². The molecule has 0 radical (unpaired) electrons. The molecule has 3 rings (SSSR count). The molecule has 0 spiro atoms. The van der Waals surface area contributed by atoms with Crippen LogP contribution in [0.5, 0.6) is 0 Å². The number of nitrogens with two attached hydrogens (primary N) is 1. The number of hydrogen-bond donors (Lipinski definition) is 2. The Morgan fingerprint density at radius 3 is 2.77 bits per heavy atom. The van der Waals surface area contributed by atoms with Gasteiger partial charge in [-0.15, -0.1) is 11.3 Å². The Morgan fingerprint density at radius 1 is 1.39 bits per heavy atom. The van der Waals surface area contributed by atoms with Crippen molar-refractivity contribution in [2.75, 3.05) is 29.9 Å². The summed E-state index contributed by atoms with van der Waals surface area (Å²) in [4.78, 5) is 21.0. The molecule has 2 aromatic rings. The predicted octanol–water partition coefficient (Wildman–Crippen LogP) is 6.36. The first kappa shape index (κ1) is 23.5. The van der Waals surface area contributed by atoms with E-state index in [1.165, 1.54) is 16.9 Å². The molecule has 0 unspecified atom stereocenters. The Balaban J connectivity index is 1.88. The number of halogens is 1. The number of nitrogens with zero attached hydrogens (tertiary/aromatic N) is 2. The van der Waals surface area contributed by atoms with Crippen LogP contribution < -0.4 is 16.0 Å². The first-order valence-corrected chi connectivity index (χ1v) is 12.1. The summed E-state index contributed by atoms with van der Waals surface area (Å²) in [6.45, 7) is 8.63. The molecule has 1 fully saturated rings. The van der Waals surface area contributed by atoms with Gasteiger partial charge in [0.2, 0.25) is 0 Å². The first-order chi connectivity index (χ1) is 15.0. The van der Waals surface area contributed by atoms with Crippen LogP contribution in [-0.2, 0) is 0 Å². The van der Waals surface area contributed by atoms with Crippen LogP contribution in [0.25, 0.3) is 6.08 Å². The molecule has 166 valence electrons. The van der Waals surface area contributed by atoms with E-state index in [0.717, 1.165) is 55.1 Å². The molecule has 0 saturated carbocycles. The van der Waals surface area contributed by atoms with E-state index in [9.17, 15) is 4.79 Å². The second-order valence-electron chi connectivity index (χ2n) is 7.88. The maximum atomic E-state index is 13.2. The average Bonchev–Trinajstić information content (AvgIpc) is 3.16. The van der Waals surface area contributed by atoms with Crippen molar-refractivity contribution in [2.24, 2.45) is 16.6 Å². The molecular weight excluding hydrogens is 428 g/mol. The quantitative estimate of drug-likeness (QED) is 0.474. The Bertz CT molecular complexity index is 974. The van der Waals surface area contributed by atoms with Gasteiger partial charge >= 0.3 is 0 Å². The number of aliphatic imine (C=N–C) groups is 1. The zero-order chi connectivity index (χ0) is 22.4. The Kier molecular flexibility index (Phi) is 8.29. The summed E-state index contributed by atoms with van der Waals surface area (Å²) >= 11 is 7.81. The molecule has 1 amide bonds. The van der Waals surface area contributed by atoms with E-state index in [2.05, 4.69) is 35.1 Å². The van der Waals surface area contributed by atoms with Crippen LogP contribution in [-0.4, -0.2) is 31.8 Å². The van der Waals surface area contributed by atoms with Gasteiger partial charge in [0.1, 0.15) is 0 Å². The van der Waals surface area contributed by atoms with E-state index in [0.29, 0.717) is 22.2 Å². The Labute approximate surface area is 194 Å². The van der Waals surface area contributed by atoms with Crippen molar-refractivity contribution in [3.05, 3.63) is 44.6 Å². The van der Waals surface area contributed by atoms with Crippen LogP contribution in [0, 0.1) is 5.92 Å². The fourth-order valence-electron chi connectivity index (χ4n) is 3.70.